The molecule has 36 heavy (non-hydrogen) atoms. The topological polar surface area (TPSA) is 92.1 Å². The molecule has 0 spiro atoms. The van der Waals surface area contributed by atoms with Crippen LogP contribution in [0.2, 0.25) is 5.02 Å². The molecule has 5 rings (SSSR count). The third kappa shape index (κ3) is 3.51. The highest BCUT2D eigenvalue weighted by atomic mass is 35.5. The van der Waals surface area contributed by atoms with E-state index in [9.17, 15) is 14.9 Å². The summed E-state index contributed by atoms with van der Waals surface area (Å²) in [5.74, 6) is 0.641. The maximum absolute atomic E-state index is 13.6. The first-order valence-corrected chi connectivity index (χ1v) is 11.6. The van der Waals surface area contributed by atoms with Crippen molar-refractivity contribution in [3.05, 3.63) is 82.9 Å². The molecule has 0 N–H and O–H groups in total. The summed E-state index contributed by atoms with van der Waals surface area (Å²) in [6.45, 7) is -0.387. The van der Waals surface area contributed by atoms with Crippen LogP contribution in [0.1, 0.15) is 11.1 Å². The first-order valence-electron chi connectivity index (χ1n) is 11.2. The number of amides is 2. The van der Waals surface area contributed by atoms with Crippen molar-refractivity contribution < 1.29 is 23.8 Å². The van der Waals surface area contributed by atoms with Crippen LogP contribution in [0, 0.1) is 11.3 Å². The summed E-state index contributed by atoms with van der Waals surface area (Å²) in [4.78, 5) is 29.8. The zero-order chi connectivity index (χ0) is 25.4. The van der Waals surface area contributed by atoms with Crippen LogP contribution in [0.15, 0.2) is 66.7 Å². The fourth-order valence-corrected chi connectivity index (χ4v) is 5.15. The lowest BCUT2D eigenvalue weighted by Crippen LogP contribution is -2.74. The number of nitriles is 1. The molecule has 2 heterocycles. The van der Waals surface area contributed by atoms with E-state index >= 15 is 0 Å². The largest absolute Gasteiger partial charge is 0.496 e. The Labute approximate surface area is 213 Å². The average molecular weight is 504 g/mol. The molecular formula is C27H22ClN3O5. The van der Waals surface area contributed by atoms with Crippen LogP contribution < -0.4 is 19.1 Å². The number of halogens is 1. The number of methoxy groups -OCH3 is 2. The Bertz CT molecular complexity index is 1370. The maximum atomic E-state index is 13.6. The Hall–Kier alpha value is -4.22. The lowest BCUT2D eigenvalue weighted by molar-refractivity contribution is -0.177. The van der Waals surface area contributed by atoms with E-state index in [2.05, 4.69) is 6.07 Å². The van der Waals surface area contributed by atoms with Crippen molar-refractivity contribution in [2.75, 3.05) is 32.2 Å². The van der Waals surface area contributed by atoms with Gasteiger partial charge in [0, 0.05) is 28.8 Å². The molecule has 2 amide bonds. The minimum Gasteiger partial charge on any atom is -0.496 e. The second-order valence-corrected chi connectivity index (χ2v) is 8.84. The molecule has 0 saturated carbocycles. The molecule has 182 valence electrons. The SMILES string of the molecule is COc1cc(OC)cc(O[C@@H]2C(=O)N3CC(=O)N(CC#N)c4ccc(Cl)cc4[C@@]23c2ccccc2)c1. The molecule has 2 aliphatic heterocycles. The van der Waals surface area contributed by atoms with E-state index < -0.39 is 11.6 Å². The summed E-state index contributed by atoms with van der Waals surface area (Å²) in [6.07, 6.45) is -1.02. The lowest BCUT2D eigenvalue weighted by atomic mass is 9.69. The summed E-state index contributed by atoms with van der Waals surface area (Å²) >= 11 is 6.46. The predicted octanol–water partition coefficient (Wildman–Crippen LogP) is 3.76. The molecule has 3 aromatic rings. The van der Waals surface area contributed by atoms with Gasteiger partial charge in [0.05, 0.1) is 26.0 Å². The van der Waals surface area contributed by atoms with Gasteiger partial charge in [0.15, 0.2) is 0 Å². The van der Waals surface area contributed by atoms with Gasteiger partial charge in [-0.2, -0.15) is 5.26 Å². The molecule has 0 unspecified atom stereocenters. The van der Waals surface area contributed by atoms with Gasteiger partial charge in [-0.1, -0.05) is 41.9 Å². The lowest BCUT2D eigenvalue weighted by Gasteiger charge is -2.56. The van der Waals surface area contributed by atoms with E-state index in [4.69, 9.17) is 25.8 Å². The number of β-lactam (4-membered cyclic amide) rings is 1. The summed E-state index contributed by atoms with van der Waals surface area (Å²) in [7, 11) is 3.05. The van der Waals surface area contributed by atoms with Crippen molar-refractivity contribution in [1.82, 2.24) is 4.90 Å². The van der Waals surface area contributed by atoms with E-state index in [0.29, 0.717) is 33.5 Å². The van der Waals surface area contributed by atoms with Crippen LogP contribution in [0.25, 0.3) is 0 Å². The number of fused-ring (bicyclic) bond motifs is 3. The first-order chi connectivity index (χ1) is 17.4. The third-order valence-corrected chi connectivity index (χ3v) is 6.81. The second kappa shape index (κ2) is 9.10. The van der Waals surface area contributed by atoms with Crippen LogP contribution in [0.4, 0.5) is 5.69 Å². The van der Waals surface area contributed by atoms with E-state index in [1.54, 1.807) is 36.4 Å². The van der Waals surface area contributed by atoms with Gasteiger partial charge in [-0.3, -0.25) is 14.5 Å². The number of nitrogens with zero attached hydrogens (tertiary/aromatic N) is 3. The molecular weight excluding hydrogens is 482 g/mol. The highest BCUT2D eigenvalue weighted by Crippen LogP contribution is 2.53. The van der Waals surface area contributed by atoms with Crippen molar-refractivity contribution in [3.63, 3.8) is 0 Å². The number of hydrogen-bond acceptors (Lipinski definition) is 6. The fraction of sp³-hybridized carbons (Fsp3) is 0.222. The van der Waals surface area contributed by atoms with Gasteiger partial charge in [0.2, 0.25) is 12.0 Å². The van der Waals surface area contributed by atoms with E-state index in [1.165, 1.54) is 24.0 Å². The summed E-state index contributed by atoms with van der Waals surface area (Å²) in [6, 6.07) is 21.6. The fourth-order valence-electron chi connectivity index (χ4n) is 4.98. The molecule has 1 saturated heterocycles. The Balaban J connectivity index is 1.74. The van der Waals surface area contributed by atoms with E-state index in [-0.39, 0.29) is 24.9 Å². The molecule has 2 aliphatic rings. The molecule has 0 bridgehead atoms. The molecule has 2 atom stereocenters. The van der Waals surface area contributed by atoms with Gasteiger partial charge in [-0.25, -0.2) is 0 Å². The minimum absolute atomic E-state index is 0.168. The van der Waals surface area contributed by atoms with Crippen LogP contribution in [0.5, 0.6) is 17.2 Å². The maximum Gasteiger partial charge on any atom is 0.268 e. The van der Waals surface area contributed by atoms with Gasteiger partial charge in [0.25, 0.3) is 5.91 Å². The molecule has 0 aliphatic carbocycles. The van der Waals surface area contributed by atoms with Gasteiger partial charge in [-0.15, -0.1) is 0 Å². The average Bonchev–Trinajstić information content (AvgIpc) is 2.99. The van der Waals surface area contributed by atoms with Gasteiger partial charge in [-0.05, 0) is 23.8 Å². The van der Waals surface area contributed by atoms with Gasteiger partial charge >= 0.3 is 0 Å². The zero-order valence-corrected chi connectivity index (χ0v) is 20.4. The quantitative estimate of drug-likeness (QED) is 0.376. The van der Waals surface area contributed by atoms with Crippen molar-refractivity contribution >= 4 is 29.1 Å². The highest BCUT2D eigenvalue weighted by Gasteiger charge is 2.66. The predicted molar refractivity (Wildman–Crippen MR) is 132 cm³/mol. The van der Waals surface area contributed by atoms with Crippen LogP contribution in [0.3, 0.4) is 0 Å². The van der Waals surface area contributed by atoms with Gasteiger partial charge in [0.1, 0.15) is 35.9 Å². The Morgan fingerprint density at radius 3 is 2.31 bits per heavy atom. The summed E-state index contributed by atoms with van der Waals surface area (Å²) < 4.78 is 17.1. The van der Waals surface area contributed by atoms with Crippen molar-refractivity contribution in [1.29, 1.82) is 5.26 Å². The Morgan fingerprint density at radius 2 is 1.67 bits per heavy atom. The molecule has 1 fully saturated rings. The number of benzene rings is 3. The second-order valence-electron chi connectivity index (χ2n) is 8.40. The van der Waals surface area contributed by atoms with Crippen molar-refractivity contribution in [2.24, 2.45) is 0 Å². The normalized spacial score (nSPS) is 20.4. The van der Waals surface area contributed by atoms with Crippen molar-refractivity contribution in [3.8, 4) is 23.3 Å². The smallest absolute Gasteiger partial charge is 0.268 e. The first kappa shape index (κ1) is 23.5. The molecule has 9 heteroatoms. The molecule has 0 radical (unpaired) electrons. The number of ether oxygens (including phenoxy) is 3. The Kier molecular flexibility index (Phi) is 5.94. The number of rotatable bonds is 6. The highest BCUT2D eigenvalue weighted by molar-refractivity contribution is 6.30. The molecule has 0 aromatic heterocycles. The number of carbonyl (C=O) groups excluding carboxylic acids is 2. The number of hydrogen-bond donors (Lipinski definition) is 0. The summed E-state index contributed by atoms with van der Waals surface area (Å²) in [5.41, 5.74) is 0.678. The van der Waals surface area contributed by atoms with Gasteiger partial charge < -0.3 is 19.1 Å². The molecule has 8 nitrogen and oxygen atoms in total. The van der Waals surface area contributed by atoms with E-state index in [1.807, 2.05) is 30.3 Å². The minimum atomic E-state index is -1.17. The van der Waals surface area contributed by atoms with Crippen LogP contribution >= 0.6 is 11.6 Å². The zero-order valence-electron chi connectivity index (χ0n) is 19.6. The monoisotopic (exact) mass is 503 g/mol. The van der Waals surface area contributed by atoms with Crippen LogP contribution in [-0.4, -0.2) is 50.1 Å². The standard InChI is InChI=1S/C27H22ClN3O5/c1-34-19-13-20(35-2)15-21(14-19)36-25-26(33)31-16-24(32)30(11-10-29)23-9-8-18(28)12-22(23)27(25,31)17-6-4-3-5-7-17/h3-9,12-15,25H,11,16H2,1-2H3/t25-,27+/m1/s1. The Morgan fingerprint density at radius 1 is 1.00 bits per heavy atom. The van der Waals surface area contributed by atoms with Crippen molar-refractivity contribution in [2.45, 2.75) is 11.6 Å². The number of anilines is 1. The van der Waals surface area contributed by atoms with Crippen LogP contribution in [-0.2, 0) is 15.1 Å². The molecule has 3 aromatic carbocycles. The summed E-state index contributed by atoms with van der Waals surface area (Å²) in [5, 5.41) is 9.86. The third-order valence-electron chi connectivity index (χ3n) is 6.57. The van der Waals surface area contributed by atoms with E-state index in [0.717, 1.165) is 5.56 Å². The number of carbonyl (C=O) groups is 2.